The van der Waals surface area contributed by atoms with Crippen molar-refractivity contribution in [3.63, 3.8) is 0 Å². The van der Waals surface area contributed by atoms with Crippen LogP contribution < -0.4 is 5.32 Å². The van der Waals surface area contributed by atoms with E-state index in [1.165, 1.54) is 0 Å². The molecule has 0 bridgehead atoms. The second-order valence-corrected chi connectivity index (χ2v) is 6.28. The molecule has 3 rings (SSSR count). The van der Waals surface area contributed by atoms with E-state index >= 15 is 0 Å². The maximum absolute atomic E-state index is 12.5. The topological polar surface area (TPSA) is 66.4 Å². The van der Waals surface area contributed by atoms with Gasteiger partial charge < -0.3 is 10.4 Å². The molecule has 1 aliphatic rings. The number of hydrogen-bond donors (Lipinski definition) is 2. The molecular weight excluding hydrogens is 290 g/mol. The van der Waals surface area contributed by atoms with Gasteiger partial charge in [0.15, 0.2) is 11.4 Å². The first-order valence-electron chi connectivity index (χ1n) is 7.57. The number of rotatable bonds is 3. The number of carbonyl (C=O) groups excluding carboxylic acids is 2. The average molecular weight is 309 g/mol. The largest absolute Gasteiger partial charge is 0.375 e. The predicted molar refractivity (Wildman–Crippen MR) is 88.6 cm³/mol. The fourth-order valence-corrected chi connectivity index (χ4v) is 3.05. The SMILES string of the molecule is Cc1ccc(C(=O)CC2(O)C(=O)Nc3c(C)cc(C)cc32)cc1. The zero-order valence-electron chi connectivity index (χ0n) is 13.4. The highest BCUT2D eigenvalue weighted by atomic mass is 16.3. The first kappa shape index (κ1) is 15.4. The summed E-state index contributed by atoms with van der Waals surface area (Å²) in [6.45, 7) is 5.71. The molecule has 0 radical (unpaired) electrons. The molecule has 1 heterocycles. The van der Waals surface area contributed by atoms with Crippen molar-refractivity contribution in [3.8, 4) is 0 Å². The molecule has 0 aromatic heterocycles. The summed E-state index contributed by atoms with van der Waals surface area (Å²) in [5, 5.41) is 13.6. The lowest BCUT2D eigenvalue weighted by Crippen LogP contribution is -2.36. The summed E-state index contributed by atoms with van der Waals surface area (Å²) >= 11 is 0. The van der Waals surface area contributed by atoms with Crippen molar-refractivity contribution in [1.29, 1.82) is 0 Å². The van der Waals surface area contributed by atoms with E-state index in [-0.39, 0.29) is 12.2 Å². The van der Waals surface area contributed by atoms with E-state index in [1.54, 1.807) is 18.2 Å². The Morgan fingerprint density at radius 1 is 1.09 bits per heavy atom. The van der Waals surface area contributed by atoms with Crippen molar-refractivity contribution in [2.75, 3.05) is 5.32 Å². The number of aliphatic hydroxyl groups is 1. The predicted octanol–water partition coefficient (Wildman–Crippen LogP) is 3.02. The smallest absolute Gasteiger partial charge is 0.261 e. The van der Waals surface area contributed by atoms with Gasteiger partial charge in [0.05, 0.1) is 12.1 Å². The lowest BCUT2D eigenvalue weighted by atomic mass is 9.86. The van der Waals surface area contributed by atoms with Crippen LogP contribution in [0.1, 0.15) is 39.0 Å². The summed E-state index contributed by atoms with van der Waals surface area (Å²) < 4.78 is 0. The van der Waals surface area contributed by atoms with Crippen LogP contribution in [0.2, 0.25) is 0 Å². The Balaban J connectivity index is 1.98. The highest BCUT2D eigenvalue weighted by molar-refractivity contribution is 6.10. The van der Waals surface area contributed by atoms with Gasteiger partial charge in [0, 0.05) is 11.1 Å². The standard InChI is InChI=1S/C19H19NO3/c1-11-4-6-14(7-5-11)16(21)10-19(23)15-9-12(2)8-13(3)17(15)20-18(19)22/h4-9,23H,10H2,1-3H3,(H,20,22). The third-order valence-electron chi connectivity index (χ3n) is 4.33. The number of hydrogen-bond acceptors (Lipinski definition) is 3. The summed E-state index contributed by atoms with van der Waals surface area (Å²) in [5.74, 6) is -0.795. The van der Waals surface area contributed by atoms with Crippen LogP contribution in [0.15, 0.2) is 36.4 Å². The Morgan fingerprint density at radius 2 is 1.74 bits per heavy atom. The Bertz CT molecular complexity index is 808. The molecule has 4 heteroatoms. The van der Waals surface area contributed by atoms with Gasteiger partial charge in [-0.25, -0.2) is 0 Å². The Hall–Kier alpha value is -2.46. The van der Waals surface area contributed by atoms with Gasteiger partial charge in [-0.15, -0.1) is 0 Å². The van der Waals surface area contributed by atoms with E-state index in [2.05, 4.69) is 5.32 Å². The first-order chi connectivity index (χ1) is 10.8. The number of Topliss-reactive ketones (excluding diaryl/α,β-unsaturated/α-hetero) is 1. The van der Waals surface area contributed by atoms with Crippen LogP contribution in [0.4, 0.5) is 5.69 Å². The molecule has 1 aliphatic heterocycles. The van der Waals surface area contributed by atoms with Crippen LogP contribution >= 0.6 is 0 Å². The summed E-state index contributed by atoms with van der Waals surface area (Å²) in [6, 6.07) is 10.8. The van der Waals surface area contributed by atoms with Crippen molar-refractivity contribution in [1.82, 2.24) is 0 Å². The van der Waals surface area contributed by atoms with Crippen molar-refractivity contribution in [2.24, 2.45) is 0 Å². The molecule has 0 saturated carbocycles. The minimum atomic E-state index is -1.81. The summed E-state index contributed by atoms with van der Waals surface area (Å²) in [4.78, 5) is 24.8. The number of anilines is 1. The van der Waals surface area contributed by atoms with E-state index < -0.39 is 11.5 Å². The maximum atomic E-state index is 12.5. The number of carbonyl (C=O) groups is 2. The van der Waals surface area contributed by atoms with Crippen LogP contribution in [0.25, 0.3) is 0 Å². The normalized spacial score (nSPS) is 19.4. The second kappa shape index (κ2) is 5.32. The summed E-state index contributed by atoms with van der Waals surface area (Å²) in [6.07, 6.45) is -0.266. The Labute approximate surface area is 135 Å². The third kappa shape index (κ3) is 2.55. The molecule has 1 atom stereocenters. The summed E-state index contributed by atoms with van der Waals surface area (Å²) in [7, 11) is 0. The number of benzene rings is 2. The van der Waals surface area contributed by atoms with E-state index in [9.17, 15) is 14.7 Å². The van der Waals surface area contributed by atoms with Crippen molar-refractivity contribution >= 4 is 17.4 Å². The molecule has 0 spiro atoms. The molecule has 0 aliphatic carbocycles. The van der Waals surface area contributed by atoms with Crippen molar-refractivity contribution in [2.45, 2.75) is 32.8 Å². The molecule has 0 saturated heterocycles. The third-order valence-corrected chi connectivity index (χ3v) is 4.33. The number of ketones is 1. The van der Waals surface area contributed by atoms with Crippen LogP contribution in [0, 0.1) is 20.8 Å². The van der Waals surface area contributed by atoms with Crippen molar-refractivity contribution < 1.29 is 14.7 Å². The zero-order chi connectivity index (χ0) is 16.8. The molecule has 1 amide bonds. The highest BCUT2D eigenvalue weighted by Crippen LogP contribution is 2.41. The fourth-order valence-electron chi connectivity index (χ4n) is 3.05. The minimum Gasteiger partial charge on any atom is -0.375 e. The van der Waals surface area contributed by atoms with Gasteiger partial charge in [-0.3, -0.25) is 9.59 Å². The second-order valence-electron chi connectivity index (χ2n) is 6.28. The van der Waals surface area contributed by atoms with Crippen LogP contribution in [-0.2, 0) is 10.4 Å². The van der Waals surface area contributed by atoms with Gasteiger partial charge in [0.1, 0.15) is 0 Å². The van der Waals surface area contributed by atoms with Gasteiger partial charge >= 0.3 is 0 Å². The fraction of sp³-hybridized carbons (Fsp3) is 0.263. The number of fused-ring (bicyclic) bond motifs is 1. The molecule has 2 aromatic rings. The summed E-state index contributed by atoms with van der Waals surface area (Å²) in [5.41, 5.74) is 2.66. The lowest BCUT2D eigenvalue weighted by Gasteiger charge is -2.20. The molecule has 23 heavy (non-hydrogen) atoms. The van der Waals surface area contributed by atoms with Crippen LogP contribution in [0.5, 0.6) is 0 Å². The molecular formula is C19H19NO3. The first-order valence-corrected chi connectivity index (χ1v) is 7.57. The Kier molecular flexibility index (Phi) is 3.57. The molecule has 1 unspecified atom stereocenters. The molecule has 4 nitrogen and oxygen atoms in total. The molecule has 2 N–H and O–H groups in total. The zero-order valence-corrected chi connectivity index (χ0v) is 13.4. The minimum absolute atomic E-state index is 0.255. The number of aryl methyl sites for hydroxylation is 3. The van der Waals surface area contributed by atoms with Gasteiger partial charge in [-0.05, 0) is 26.3 Å². The van der Waals surface area contributed by atoms with Gasteiger partial charge in [0.25, 0.3) is 5.91 Å². The highest BCUT2D eigenvalue weighted by Gasteiger charge is 2.47. The Morgan fingerprint density at radius 3 is 2.39 bits per heavy atom. The van der Waals surface area contributed by atoms with E-state index in [1.807, 2.05) is 39.0 Å². The van der Waals surface area contributed by atoms with Crippen LogP contribution in [0.3, 0.4) is 0 Å². The lowest BCUT2D eigenvalue weighted by molar-refractivity contribution is -0.133. The van der Waals surface area contributed by atoms with E-state index in [0.717, 1.165) is 16.7 Å². The monoisotopic (exact) mass is 309 g/mol. The van der Waals surface area contributed by atoms with Gasteiger partial charge in [-0.2, -0.15) is 0 Å². The number of amides is 1. The van der Waals surface area contributed by atoms with Gasteiger partial charge in [-0.1, -0.05) is 47.5 Å². The molecule has 0 fully saturated rings. The number of nitrogens with one attached hydrogen (secondary N) is 1. The van der Waals surface area contributed by atoms with Gasteiger partial charge in [0.2, 0.25) is 0 Å². The van der Waals surface area contributed by atoms with E-state index in [4.69, 9.17) is 0 Å². The average Bonchev–Trinajstić information content (AvgIpc) is 2.73. The molecule has 118 valence electrons. The molecule has 2 aromatic carbocycles. The van der Waals surface area contributed by atoms with Crippen LogP contribution in [-0.4, -0.2) is 16.8 Å². The van der Waals surface area contributed by atoms with Crippen molar-refractivity contribution in [3.05, 3.63) is 64.2 Å². The quantitative estimate of drug-likeness (QED) is 0.857. The van der Waals surface area contributed by atoms with E-state index in [0.29, 0.717) is 16.8 Å². The maximum Gasteiger partial charge on any atom is 0.261 e.